The molecule has 1 saturated heterocycles. The summed E-state index contributed by atoms with van der Waals surface area (Å²) >= 11 is 0. The van der Waals surface area contributed by atoms with E-state index in [9.17, 15) is 10.2 Å². The lowest BCUT2D eigenvalue weighted by molar-refractivity contribution is -0.0333. The van der Waals surface area contributed by atoms with E-state index in [0.29, 0.717) is 0 Å². The molecule has 1 rings (SSSR count). The molecule has 0 amide bonds. The van der Waals surface area contributed by atoms with Crippen LogP contribution in [0.5, 0.6) is 0 Å². The maximum absolute atomic E-state index is 9.22. The first-order valence-corrected chi connectivity index (χ1v) is 3.42. The summed E-state index contributed by atoms with van der Waals surface area (Å²) in [7, 11) is 5.43. The molecule has 1 heterocycles. The molecule has 3 N–H and O–H groups in total. The van der Waals surface area contributed by atoms with E-state index in [4.69, 9.17) is 17.7 Å². The van der Waals surface area contributed by atoms with Crippen LogP contribution in [0.1, 0.15) is 6.92 Å². The summed E-state index contributed by atoms with van der Waals surface area (Å²) in [5, 5.41) is 27.0. The molecule has 3 unspecified atom stereocenters. The molecule has 0 aromatic heterocycles. The van der Waals surface area contributed by atoms with Gasteiger partial charge in [-0.2, -0.15) is 0 Å². The summed E-state index contributed by atoms with van der Waals surface area (Å²) in [5.41, 5.74) is -1.26. The Balaban J connectivity index is 2.69. The van der Waals surface area contributed by atoms with Crippen molar-refractivity contribution in [3.8, 4) is 0 Å². The van der Waals surface area contributed by atoms with Crippen LogP contribution in [0.4, 0.5) is 0 Å². The van der Waals surface area contributed by atoms with E-state index in [0.717, 1.165) is 0 Å². The van der Waals surface area contributed by atoms with E-state index < -0.39 is 23.8 Å². The molecule has 5 heteroatoms. The maximum atomic E-state index is 9.22. The third-order valence-corrected chi connectivity index (χ3v) is 1.88. The summed E-state index contributed by atoms with van der Waals surface area (Å²) in [6.45, 7) is 1.11. The Morgan fingerprint density at radius 1 is 1.55 bits per heavy atom. The van der Waals surface area contributed by atoms with Gasteiger partial charge in [-0.15, -0.1) is 0 Å². The first-order valence-electron chi connectivity index (χ1n) is 3.42. The van der Waals surface area contributed by atoms with Crippen molar-refractivity contribution in [3.05, 3.63) is 0 Å². The molecule has 11 heavy (non-hydrogen) atoms. The third-order valence-electron chi connectivity index (χ3n) is 1.88. The van der Waals surface area contributed by atoms with Crippen LogP contribution in [0.15, 0.2) is 0 Å². The molecule has 0 aromatic carbocycles. The predicted molar refractivity (Wildman–Crippen MR) is 38.1 cm³/mol. The van der Waals surface area contributed by atoms with Gasteiger partial charge in [-0.25, -0.2) is 0 Å². The minimum Gasteiger partial charge on any atom is -0.394 e. The second-order valence-electron chi connectivity index (χ2n) is 2.96. The smallest absolute Gasteiger partial charge is 0.117 e. The highest BCUT2D eigenvalue weighted by Gasteiger charge is 2.46. The number of aliphatic hydroxyl groups is 3. The standard InChI is InChI=1S/C6H11BO4/c1-6(7)5(10)4(9)3(2-8)11-6/h3-5,8-10H,2H2,1H3/t3?,4?,5?,6-/m1/s1. The van der Waals surface area contributed by atoms with Crippen molar-refractivity contribution in [2.75, 3.05) is 6.61 Å². The fraction of sp³-hybridized carbons (Fsp3) is 1.00. The molecular formula is C6H11BO4. The molecule has 62 valence electrons. The van der Waals surface area contributed by atoms with E-state index in [1.807, 2.05) is 0 Å². The SMILES string of the molecule is [B][C@]1(C)OC(CO)C(O)C1O. The Morgan fingerprint density at radius 3 is 2.27 bits per heavy atom. The van der Waals surface area contributed by atoms with Crippen molar-refractivity contribution in [3.63, 3.8) is 0 Å². The zero-order valence-corrected chi connectivity index (χ0v) is 6.27. The first kappa shape index (κ1) is 9.00. The lowest BCUT2D eigenvalue weighted by atomic mass is 9.78. The van der Waals surface area contributed by atoms with Gasteiger partial charge in [-0.1, -0.05) is 0 Å². The monoisotopic (exact) mass is 158 g/mol. The van der Waals surface area contributed by atoms with Crippen LogP contribution in [0.3, 0.4) is 0 Å². The van der Waals surface area contributed by atoms with Crippen LogP contribution in [0.25, 0.3) is 0 Å². The highest BCUT2D eigenvalue weighted by molar-refractivity contribution is 6.15. The largest absolute Gasteiger partial charge is 0.394 e. The minimum atomic E-state index is -1.26. The number of aliphatic hydroxyl groups excluding tert-OH is 3. The molecule has 0 aliphatic carbocycles. The van der Waals surface area contributed by atoms with Gasteiger partial charge in [-0.3, -0.25) is 0 Å². The maximum Gasteiger partial charge on any atom is 0.117 e. The minimum absolute atomic E-state index is 0.342. The quantitative estimate of drug-likeness (QED) is 0.385. The number of rotatable bonds is 1. The van der Waals surface area contributed by atoms with Gasteiger partial charge >= 0.3 is 0 Å². The molecule has 1 fully saturated rings. The lowest BCUT2D eigenvalue weighted by Gasteiger charge is -2.22. The average Bonchev–Trinajstić information content (AvgIpc) is 2.13. The molecule has 4 atom stereocenters. The van der Waals surface area contributed by atoms with Gasteiger partial charge in [0.05, 0.1) is 12.1 Å². The molecule has 4 nitrogen and oxygen atoms in total. The van der Waals surface area contributed by atoms with E-state index in [-0.39, 0.29) is 6.61 Å². The van der Waals surface area contributed by atoms with Crippen LogP contribution in [-0.4, -0.2) is 53.6 Å². The van der Waals surface area contributed by atoms with Crippen molar-refractivity contribution in [2.45, 2.75) is 30.7 Å². The summed E-state index contributed by atoms with van der Waals surface area (Å²) in [5.74, 6) is 0. The number of ether oxygens (including phenoxy) is 1. The summed E-state index contributed by atoms with van der Waals surface area (Å²) in [6, 6.07) is 0. The van der Waals surface area contributed by atoms with Crippen molar-refractivity contribution in [2.24, 2.45) is 0 Å². The van der Waals surface area contributed by atoms with Crippen LogP contribution < -0.4 is 0 Å². The molecule has 0 spiro atoms. The van der Waals surface area contributed by atoms with Crippen LogP contribution in [-0.2, 0) is 4.74 Å². The molecule has 2 radical (unpaired) electrons. The summed E-state index contributed by atoms with van der Waals surface area (Å²) in [6.07, 6.45) is -3.02. The third kappa shape index (κ3) is 1.42. The van der Waals surface area contributed by atoms with Gasteiger partial charge in [0, 0.05) is 0 Å². The highest BCUT2D eigenvalue weighted by Crippen LogP contribution is 2.27. The van der Waals surface area contributed by atoms with E-state index in [1.54, 1.807) is 0 Å². The molecule has 1 aliphatic heterocycles. The Hall–Kier alpha value is -0.0951. The Kier molecular flexibility index (Phi) is 2.25. The second kappa shape index (κ2) is 2.75. The molecule has 0 bridgehead atoms. The van der Waals surface area contributed by atoms with Crippen molar-refractivity contribution in [1.29, 1.82) is 0 Å². The Labute approximate surface area is 66.2 Å². The van der Waals surface area contributed by atoms with Gasteiger partial charge in [0.25, 0.3) is 0 Å². The Morgan fingerprint density at radius 2 is 2.09 bits per heavy atom. The van der Waals surface area contributed by atoms with Crippen molar-refractivity contribution in [1.82, 2.24) is 0 Å². The topological polar surface area (TPSA) is 69.9 Å². The van der Waals surface area contributed by atoms with Gasteiger partial charge in [0.15, 0.2) is 0 Å². The zero-order chi connectivity index (χ0) is 8.65. The highest BCUT2D eigenvalue weighted by atomic mass is 16.6. The van der Waals surface area contributed by atoms with Gasteiger partial charge in [0.2, 0.25) is 0 Å². The Bertz CT molecular complexity index is 150. The van der Waals surface area contributed by atoms with E-state index >= 15 is 0 Å². The molecule has 0 aromatic rings. The van der Waals surface area contributed by atoms with Crippen LogP contribution >= 0.6 is 0 Å². The number of hydrogen-bond donors (Lipinski definition) is 3. The van der Waals surface area contributed by atoms with Gasteiger partial charge in [0.1, 0.15) is 26.2 Å². The lowest BCUT2D eigenvalue weighted by Crippen LogP contribution is -2.40. The molecule has 1 aliphatic rings. The van der Waals surface area contributed by atoms with Crippen molar-refractivity contribution >= 4 is 7.85 Å². The number of hydrogen-bond acceptors (Lipinski definition) is 4. The normalized spacial score (nSPS) is 51.5. The summed E-state index contributed by atoms with van der Waals surface area (Å²) in [4.78, 5) is 0. The summed E-state index contributed by atoms with van der Waals surface area (Å²) < 4.78 is 4.95. The van der Waals surface area contributed by atoms with E-state index in [2.05, 4.69) is 0 Å². The zero-order valence-electron chi connectivity index (χ0n) is 6.27. The molecular weight excluding hydrogens is 147 g/mol. The predicted octanol–water partition coefficient (Wildman–Crippen LogP) is -2.02. The van der Waals surface area contributed by atoms with E-state index in [1.165, 1.54) is 6.92 Å². The fourth-order valence-corrected chi connectivity index (χ4v) is 1.15. The van der Waals surface area contributed by atoms with Gasteiger partial charge in [-0.05, 0) is 6.92 Å². The average molecular weight is 158 g/mol. The van der Waals surface area contributed by atoms with Crippen LogP contribution in [0.2, 0.25) is 0 Å². The van der Waals surface area contributed by atoms with Crippen molar-refractivity contribution < 1.29 is 20.1 Å². The van der Waals surface area contributed by atoms with Gasteiger partial charge < -0.3 is 20.1 Å². The first-order chi connectivity index (χ1) is 4.99. The fourth-order valence-electron chi connectivity index (χ4n) is 1.15. The molecule has 0 saturated carbocycles. The second-order valence-corrected chi connectivity index (χ2v) is 2.96. The van der Waals surface area contributed by atoms with Crippen LogP contribution in [0, 0.1) is 0 Å².